The molecule has 33 heavy (non-hydrogen) atoms. The fraction of sp³-hybridized carbons (Fsp3) is 0.200. The van der Waals surface area contributed by atoms with Crippen LogP contribution in [0.3, 0.4) is 0 Å². The van der Waals surface area contributed by atoms with Gasteiger partial charge in [-0.25, -0.2) is 9.07 Å². The quantitative estimate of drug-likeness (QED) is 0.444. The summed E-state index contributed by atoms with van der Waals surface area (Å²) in [7, 11) is 0. The predicted octanol–water partition coefficient (Wildman–Crippen LogP) is 4.85. The Morgan fingerprint density at radius 2 is 2.03 bits per heavy atom. The highest BCUT2D eigenvalue weighted by atomic mass is 32.1. The van der Waals surface area contributed by atoms with E-state index in [9.17, 15) is 14.3 Å². The minimum absolute atomic E-state index is 0.00412. The number of thiophene rings is 1. The van der Waals surface area contributed by atoms with Gasteiger partial charge in [0.2, 0.25) is 0 Å². The Kier molecular flexibility index (Phi) is 5.70. The Morgan fingerprint density at radius 1 is 1.21 bits per heavy atom. The molecule has 1 aliphatic rings. The van der Waals surface area contributed by atoms with Crippen LogP contribution in [-0.4, -0.2) is 38.8 Å². The molecule has 2 aromatic heterocycles. The maximum atomic E-state index is 13.8. The first-order chi connectivity index (χ1) is 16.0. The Morgan fingerprint density at radius 3 is 2.76 bits per heavy atom. The van der Waals surface area contributed by atoms with E-state index in [1.165, 1.54) is 6.07 Å². The number of halogens is 1. The van der Waals surface area contributed by atoms with Crippen LogP contribution in [-0.2, 0) is 16.0 Å². The molecular weight excluding hydrogens is 441 g/mol. The minimum atomic E-state index is -0.570. The zero-order valence-electron chi connectivity index (χ0n) is 17.9. The lowest BCUT2D eigenvalue weighted by Gasteiger charge is -2.23. The molecule has 1 unspecified atom stereocenters. The fourth-order valence-electron chi connectivity index (χ4n) is 3.96. The topological polar surface area (TPSA) is 67.6 Å². The Labute approximate surface area is 194 Å². The SMILES string of the molecule is Cc1cc(-n2cc(C3OCC(=O)N3CCc3ccc(O)cc3)c(-c3ccsc3)n2)ccc1F. The van der Waals surface area contributed by atoms with Gasteiger partial charge in [0.15, 0.2) is 6.23 Å². The molecule has 5 rings (SSSR count). The molecule has 1 atom stereocenters. The highest BCUT2D eigenvalue weighted by Gasteiger charge is 2.36. The van der Waals surface area contributed by atoms with Crippen molar-refractivity contribution in [2.24, 2.45) is 0 Å². The predicted molar refractivity (Wildman–Crippen MR) is 124 cm³/mol. The van der Waals surface area contributed by atoms with Crippen LogP contribution in [0.15, 0.2) is 65.5 Å². The van der Waals surface area contributed by atoms with E-state index in [2.05, 4.69) is 0 Å². The zero-order chi connectivity index (χ0) is 22.9. The monoisotopic (exact) mass is 463 g/mol. The van der Waals surface area contributed by atoms with Gasteiger partial charge in [-0.05, 0) is 66.2 Å². The van der Waals surface area contributed by atoms with E-state index in [1.807, 2.05) is 35.2 Å². The van der Waals surface area contributed by atoms with Crippen LogP contribution >= 0.6 is 11.3 Å². The van der Waals surface area contributed by atoms with Crippen molar-refractivity contribution in [3.05, 3.63) is 88.0 Å². The van der Waals surface area contributed by atoms with Crippen LogP contribution in [0.25, 0.3) is 16.9 Å². The number of nitrogens with zero attached hydrogens (tertiary/aromatic N) is 3. The Hall–Kier alpha value is -3.49. The number of aryl methyl sites for hydroxylation is 1. The summed E-state index contributed by atoms with van der Waals surface area (Å²) in [5, 5.41) is 18.3. The number of aromatic nitrogens is 2. The van der Waals surface area contributed by atoms with Gasteiger partial charge in [-0.15, -0.1) is 0 Å². The van der Waals surface area contributed by atoms with Gasteiger partial charge in [-0.3, -0.25) is 4.79 Å². The average molecular weight is 464 g/mol. The molecule has 0 bridgehead atoms. The molecule has 0 aliphatic carbocycles. The van der Waals surface area contributed by atoms with Crippen molar-refractivity contribution >= 4 is 17.2 Å². The number of phenols is 1. The second kappa shape index (κ2) is 8.80. The van der Waals surface area contributed by atoms with Crippen LogP contribution in [0.5, 0.6) is 5.75 Å². The first-order valence-electron chi connectivity index (χ1n) is 10.6. The maximum Gasteiger partial charge on any atom is 0.250 e. The molecule has 168 valence electrons. The molecule has 1 fully saturated rings. The summed E-state index contributed by atoms with van der Waals surface area (Å²) < 4.78 is 21.4. The molecule has 6 nitrogen and oxygen atoms in total. The number of rotatable bonds is 6. The standard InChI is InChI=1S/C25H22FN3O3S/c1-16-12-19(4-7-22(16)26)29-13-21(24(27-29)18-9-11-33-15-18)25-28(23(31)14-32-25)10-8-17-2-5-20(30)6-3-17/h2-7,9,11-13,15,25,30H,8,10,14H2,1H3. The van der Waals surface area contributed by atoms with E-state index in [4.69, 9.17) is 9.84 Å². The lowest BCUT2D eigenvalue weighted by Crippen LogP contribution is -2.30. The van der Waals surface area contributed by atoms with Crippen LogP contribution in [0.2, 0.25) is 0 Å². The Bertz CT molecular complexity index is 1280. The number of phenolic OH excluding ortho intramolecular Hbond substituents is 1. The van der Waals surface area contributed by atoms with Gasteiger partial charge >= 0.3 is 0 Å². The molecule has 1 saturated heterocycles. The van der Waals surface area contributed by atoms with Gasteiger partial charge in [-0.2, -0.15) is 16.4 Å². The van der Waals surface area contributed by atoms with Gasteiger partial charge in [0.25, 0.3) is 5.91 Å². The van der Waals surface area contributed by atoms with Gasteiger partial charge in [0, 0.05) is 29.2 Å². The number of aromatic hydroxyl groups is 1. The lowest BCUT2D eigenvalue weighted by molar-refractivity contribution is -0.128. The minimum Gasteiger partial charge on any atom is -0.508 e. The van der Waals surface area contributed by atoms with Crippen molar-refractivity contribution in [3.8, 4) is 22.7 Å². The lowest BCUT2D eigenvalue weighted by atomic mass is 10.1. The number of hydrogen-bond donors (Lipinski definition) is 1. The van der Waals surface area contributed by atoms with E-state index in [0.29, 0.717) is 18.5 Å². The molecule has 1 N–H and O–H groups in total. The van der Waals surface area contributed by atoms with Crippen LogP contribution < -0.4 is 0 Å². The number of amides is 1. The average Bonchev–Trinajstić information content (AvgIpc) is 3.55. The number of benzene rings is 2. The second-order valence-corrected chi connectivity index (χ2v) is 8.77. The van der Waals surface area contributed by atoms with Crippen molar-refractivity contribution in [1.29, 1.82) is 0 Å². The first kappa shape index (κ1) is 21.4. The normalized spacial score (nSPS) is 16.0. The summed E-state index contributed by atoms with van der Waals surface area (Å²) in [5.41, 5.74) is 4.73. The summed E-state index contributed by atoms with van der Waals surface area (Å²) >= 11 is 1.56. The first-order valence-corrected chi connectivity index (χ1v) is 11.5. The van der Waals surface area contributed by atoms with E-state index in [0.717, 1.165) is 28.1 Å². The largest absolute Gasteiger partial charge is 0.508 e. The molecule has 0 saturated carbocycles. The molecule has 0 radical (unpaired) electrons. The third-order valence-corrected chi connectivity index (χ3v) is 6.44. The molecular formula is C25H22FN3O3S. The Balaban J connectivity index is 1.49. The summed E-state index contributed by atoms with van der Waals surface area (Å²) in [6.07, 6.45) is 1.92. The summed E-state index contributed by atoms with van der Waals surface area (Å²) in [6.45, 7) is 2.19. The molecule has 8 heteroatoms. The van der Waals surface area contributed by atoms with Crippen molar-refractivity contribution in [2.45, 2.75) is 19.6 Å². The van der Waals surface area contributed by atoms with Gasteiger partial charge in [-0.1, -0.05) is 12.1 Å². The third-order valence-electron chi connectivity index (χ3n) is 5.76. The van der Waals surface area contributed by atoms with Crippen LogP contribution in [0, 0.1) is 12.7 Å². The van der Waals surface area contributed by atoms with Crippen molar-refractivity contribution in [3.63, 3.8) is 0 Å². The number of carbonyl (C=O) groups is 1. The van der Waals surface area contributed by atoms with Crippen LogP contribution in [0.1, 0.15) is 22.9 Å². The van der Waals surface area contributed by atoms with E-state index >= 15 is 0 Å². The fourth-order valence-corrected chi connectivity index (χ4v) is 4.60. The van der Waals surface area contributed by atoms with Gasteiger partial charge in [0.05, 0.1) is 5.69 Å². The summed E-state index contributed by atoms with van der Waals surface area (Å²) in [6, 6.07) is 13.8. The molecule has 4 aromatic rings. The van der Waals surface area contributed by atoms with Gasteiger partial charge < -0.3 is 14.7 Å². The van der Waals surface area contributed by atoms with Crippen LogP contribution in [0.4, 0.5) is 4.39 Å². The van der Waals surface area contributed by atoms with E-state index < -0.39 is 6.23 Å². The number of carbonyl (C=O) groups excluding carboxylic acids is 1. The zero-order valence-corrected chi connectivity index (χ0v) is 18.8. The van der Waals surface area contributed by atoms with Crippen molar-refractivity contribution in [1.82, 2.24) is 14.7 Å². The third kappa shape index (κ3) is 4.27. The molecule has 1 aliphatic heterocycles. The molecule has 1 amide bonds. The summed E-state index contributed by atoms with van der Waals surface area (Å²) in [5.74, 6) is -0.143. The van der Waals surface area contributed by atoms with Gasteiger partial charge in [0.1, 0.15) is 23.9 Å². The number of ether oxygens (including phenoxy) is 1. The molecule has 2 aromatic carbocycles. The highest BCUT2D eigenvalue weighted by molar-refractivity contribution is 7.08. The highest BCUT2D eigenvalue weighted by Crippen LogP contribution is 2.36. The summed E-state index contributed by atoms with van der Waals surface area (Å²) in [4.78, 5) is 14.4. The molecule has 0 spiro atoms. The smallest absolute Gasteiger partial charge is 0.250 e. The maximum absolute atomic E-state index is 13.8. The second-order valence-electron chi connectivity index (χ2n) is 7.99. The van der Waals surface area contributed by atoms with Crippen molar-refractivity contribution in [2.75, 3.05) is 13.2 Å². The van der Waals surface area contributed by atoms with E-state index in [1.54, 1.807) is 52.1 Å². The van der Waals surface area contributed by atoms with E-state index in [-0.39, 0.29) is 24.1 Å². The molecule has 3 heterocycles. The number of hydrogen-bond acceptors (Lipinski definition) is 5. The van der Waals surface area contributed by atoms with Crippen molar-refractivity contribution < 1.29 is 19.0 Å².